The van der Waals surface area contributed by atoms with Crippen molar-refractivity contribution in [2.24, 2.45) is 5.92 Å². The van der Waals surface area contributed by atoms with Crippen LogP contribution in [0.2, 0.25) is 0 Å². The molecule has 2 aliphatic rings. The van der Waals surface area contributed by atoms with Gasteiger partial charge in [-0.3, -0.25) is 0 Å². The van der Waals surface area contributed by atoms with E-state index in [1.54, 1.807) is 12.1 Å². The maximum atomic E-state index is 13.8. The molecule has 4 atom stereocenters. The van der Waals surface area contributed by atoms with Crippen LogP contribution in [0.25, 0.3) is 0 Å². The van der Waals surface area contributed by atoms with Crippen molar-refractivity contribution in [1.29, 1.82) is 0 Å². The summed E-state index contributed by atoms with van der Waals surface area (Å²) in [4.78, 5) is 0. The summed E-state index contributed by atoms with van der Waals surface area (Å²) < 4.78 is 26.3. The molecule has 3 nitrogen and oxygen atoms in total. The second-order valence-corrected chi connectivity index (χ2v) is 8.01. The zero-order valence-corrected chi connectivity index (χ0v) is 15.1. The molecule has 0 aliphatic carbocycles. The SMILES string of the molecule is CCC[C@]1(O)C[C@]2(C)O[C@@]1(C(C)C)C[C@H]2OCc1ccccc1F. The van der Waals surface area contributed by atoms with Gasteiger partial charge < -0.3 is 14.6 Å². The molecular weight excluding hydrogens is 307 g/mol. The van der Waals surface area contributed by atoms with E-state index in [0.29, 0.717) is 18.4 Å². The van der Waals surface area contributed by atoms with Crippen molar-refractivity contribution in [3.05, 3.63) is 35.6 Å². The van der Waals surface area contributed by atoms with Crippen LogP contribution in [0.4, 0.5) is 4.39 Å². The maximum Gasteiger partial charge on any atom is 0.128 e. The van der Waals surface area contributed by atoms with Crippen LogP contribution < -0.4 is 0 Å². The van der Waals surface area contributed by atoms with Crippen molar-refractivity contribution in [3.63, 3.8) is 0 Å². The van der Waals surface area contributed by atoms with Crippen LogP contribution in [0.1, 0.15) is 58.9 Å². The molecule has 0 spiro atoms. The second-order valence-electron chi connectivity index (χ2n) is 8.01. The molecule has 0 aromatic heterocycles. The van der Waals surface area contributed by atoms with E-state index >= 15 is 0 Å². The highest BCUT2D eigenvalue weighted by Gasteiger charge is 2.71. The summed E-state index contributed by atoms with van der Waals surface area (Å²) in [7, 11) is 0. The summed E-state index contributed by atoms with van der Waals surface area (Å²) in [5.74, 6) is -0.0503. The highest BCUT2D eigenvalue weighted by atomic mass is 19.1. The standard InChI is InChI=1S/C20H29FO3/c1-5-10-19(22)13-18(4)17(11-20(19,24-18)14(2)3)23-12-15-8-6-7-9-16(15)21/h6-9,14,17,22H,5,10-13H2,1-4H3/t17-,18+,19+,20-/m1/s1. The van der Waals surface area contributed by atoms with Crippen molar-refractivity contribution >= 4 is 0 Å². The summed E-state index contributed by atoms with van der Waals surface area (Å²) >= 11 is 0. The first-order chi connectivity index (χ1) is 11.3. The Bertz CT molecular complexity index is 604. The van der Waals surface area contributed by atoms with E-state index in [4.69, 9.17) is 9.47 Å². The first-order valence-electron chi connectivity index (χ1n) is 9.04. The highest BCUT2D eigenvalue weighted by Crippen LogP contribution is 2.61. The van der Waals surface area contributed by atoms with Crippen LogP contribution in [-0.4, -0.2) is 28.0 Å². The fourth-order valence-corrected chi connectivity index (χ4v) is 4.83. The Labute approximate surface area is 144 Å². The van der Waals surface area contributed by atoms with Gasteiger partial charge in [0.2, 0.25) is 0 Å². The maximum absolute atomic E-state index is 13.8. The van der Waals surface area contributed by atoms with Gasteiger partial charge in [0.15, 0.2) is 0 Å². The van der Waals surface area contributed by atoms with Crippen molar-refractivity contribution in [1.82, 2.24) is 0 Å². The lowest BCUT2D eigenvalue weighted by Gasteiger charge is -2.45. The molecule has 4 heteroatoms. The van der Waals surface area contributed by atoms with Crippen LogP contribution in [0.5, 0.6) is 0 Å². The van der Waals surface area contributed by atoms with Gasteiger partial charge in [-0.2, -0.15) is 0 Å². The van der Waals surface area contributed by atoms with E-state index in [1.807, 2.05) is 13.0 Å². The lowest BCUT2D eigenvalue weighted by atomic mass is 9.64. The van der Waals surface area contributed by atoms with Gasteiger partial charge in [0, 0.05) is 18.4 Å². The van der Waals surface area contributed by atoms with Gasteiger partial charge in [0.1, 0.15) is 11.4 Å². The quantitative estimate of drug-likeness (QED) is 0.845. The van der Waals surface area contributed by atoms with Crippen LogP contribution in [-0.2, 0) is 16.1 Å². The largest absolute Gasteiger partial charge is 0.387 e. The van der Waals surface area contributed by atoms with Gasteiger partial charge in [-0.05, 0) is 25.3 Å². The second kappa shape index (κ2) is 6.08. The minimum absolute atomic E-state index is 0.128. The normalized spacial score (nSPS) is 38.2. The summed E-state index contributed by atoms with van der Waals surface area (Å²) in [5.41, 5.74) is -1.33. The van der Waals surface area contributed by atoms with E-state index in [-0.39, 0.29) is 24.4 Å². The fraction of sp³-hybridized carbons (Fsp3) is 0.700. The number of hydrogen-bond donors (Lipinski definition) is 1. The third-order valence-electron chi connectivity index (χ3n) is 6.01. The Kier molecular flexibility index (Phi) is 4.52. The molecule has 2 heterocycles. The van der Waals surface area contributed by atoms with Crippen molar-refractivity contribution in [3.8, 4) is 0 Å². The number of halogens is 1. The molecule has 1 aromatic rings. The third kappa shape index (κ3) is 2.59. The van der Waals surface area contributed by atoms with Gasteiger partial charge in [-0.25, -0.2) is 4.39 Å². The fourth-order valence-electron chi connectivity index (χ4n) is 4.83. The van der Waals surface area contributed by atoms with E-state index < -0.39 is 16.8 Å². The number of rotatable bonds is 6. The van der Waals surface area contributed by atoms with Gasteiger partial charge in [0.25, 0.3) is 0 Å². The Morgan fingerprint density at radius 2 is 2.08 bits per heavy atom. The molecule has 0 unspecified atom stereocenters. The molecule has 2 saturated heterocycles. The van der Waals surface area contributed by atoms with E-state index in [1.165, 1.54) is 6.07 Å². The lowest BCUT2D eigenvalue weighted by molar-refractivity contribution is -0.147. The van der Waals surface area contributed by atoms with Crippen molar-refractivity contribution < 1.29 is 19.0 Å². The molecule has 2 fully saturated rings. The van der Waals surface area contributed by atoms with Crippen LogP contribution in [0.3, 0.4) is 0 Å². The molecule has 24 heavy (non-hydrogen) atoms. The number of fused-ring (bicyclic) bond motifs is 2. The molecule has 134 valence electrons. The van der Waals surface area contributed by atoms with Gasteiger partial charge >= 0.3 is 0 Å². The number of aliphatic hydroxyl groups is 1. The summed E-state index contributed by atoms with van der Waals surface area (Å²) in [6.45, 7) is 8.55. The molecule has 0 saturated carbocycles. The number of hydrogen-bond acceptors (Lipinski definition) is 3. The zero-order chi connectivity index (χ0) is 17.6. The van der Waals surface area contributed by atoms with Gasteiger partial charge in [-0.15, -0.1) is 0 Å². The average Bonchev–Trinajstić information content (AvgIpc) is 2.92. The predicted molar refractivity (Wildman–Crippen MR) is 91.1 cm³/mol. The molecule has 2 aliphatic heterocycles. The topological polar surface area (TPSA) is 38.7 Å². The number of ether oxygens (including phenoxy) is 2. The van der Waals surface area contributed by atoms with E-state index in [0.717, 1.165) is 12.8 Å². The summed E-state index contributed by atoms with van der Waals surface area (Å²) in [6.07, 6.45) is 2.77. The summed E-state index contributed by atoms with van der Waals surface area (Å²) in [6, 6.07) is 6.69. The number of benzene rings is 1. The van der Waals surface area contributed by atoms with E-state index in [9.17, 15) is 9.50 Å². The monoisotopic (exact) mass is 336 g/mol. The van der Waals surface area contributed by atoms with Crippen molar-refractivity contribution in [2.45, 2.75) is 82.9 Å². The van der Waals surface area contributed by atoms with Gasteiger partial charge in [-0.1, -0.05) is 45.4 Å². The average molecular weight is 336 g/mol. The smallest absolute Gasteiger partial charge is 0.128 e. The Hall–Kier alpha value is -0.970. The predicted octanol–water partition coefficient (Wildman–Crippen LogP) is 4.22. The first kappa shape index (κ1) is 17.8. The van der Waals surface area contributed by atoms with Crippen molar-refractivity contribution in [2.75, 3.05) is 0 Å². The molecule has 0 radical (unpaired) electrons. The minimum Gasteiger partial charge on any atom is -0.387 e. The molecule has 1 aromatic carbocycles. The Balaban J connectivity index is 1.78. The highest BCUT2D eigenvalue weighted by molar-refractivity contribution is 5.22. The van der Waals surface area contributed by atoms with Gasteiger partial charge in [0.05, 0.1) is 23.9 Å². The molecular formula is C20H29FO3. The Morgan fingerprint density at radius 1 is 1.38 bits per heavy atom. The third-order valence-corrected chi connectivity index (χ3v) is 6.01. The van der Waals surface area contributed by atoms with E-state index in [2.05, 4.69) is 20.8 Å². The zero-order valence-electron chi connectivity index (χ0n) is 15.1. The van der Waals surface area contributed by atoms with Crippen LogP contribution >= 0.6 is 0 Å². The Morgan fingerprint density at radius 3 is 2.71 bits per heavy atom. The molecule has 1 N–H and O–H groups in total. The molecule has 0 amide bonds. The minimum atomic E-state index is -0.803. The lowest BCUT2D eigenvalue weighted by Crippen LogP contribution is -2.57. The molecule has 3 rings (SSSR count). The van der Waals surface area contributed by atoms with Crippen LogP contribution in [0, 0.1) is 11.7 Å². The summed E-state index contributed by atoms with van der Waals surface area (Å²) in [5, 5.41) is 11.3. The first-order valence-corrected chi connectivity index (χ1v) is 9.04. The molecule has 2 bridgehead atoms. The van der Waals surface area contributed by atoms with Crippen LogP contribution in [0.15, 0.2) is 24.3 Å².